The Bertz CT molecular complexity index is 1270. The van der Waals surface area contributed by atoms with E-state index in [1.807, 2.05) is 29.6 Å². The number of sulfone groups is 1. The molecule has 198 valence electrons. The first-order valence-electron chi connectivity index (χ1n) is 11.3. The molecular formula is C25H27F2N3O6S. The van der Waals surface area contributed by atoms with Gasteiger partial charge in [-0.25, -0.2) is 22.7 Å². The van der Waals surface area contributed by atoms with E-state index in [2.05, 4.69) is 16.7 Å². The molecule has 2 atom stereocenters. The van der Waals surface area contributed by atoms with E-state index < -0.39 is 39.7 Å². The zero-order valence-electron chi connectivity index (χ0n) is 19.9. The smallest absolute Gasteiger partial charge is 0.269 e. The number of alkyl halides is 2. The van der Waals surface area contributed by atoms with E-state index in [-0.39, 0.29) is 17.1 Å². The van der Waals surface area contributed by atoms with Crippen molar-refractivity contribution in [3.05, 3.63) is 70.8 Å². The molecule has 0 aliphatic carbocycles. The van der Waals surface area contributed by atoms with Crippen molar-refractivity contribution in [1.82, 2.24) is 15.7 Å². The molecule has 2 aromatic rings. The van der Waals surface area contributed by atoms with Crippen LogP contribution in [0.3, 0.4) is 0 Å². The van der Waals surface area contributed by atoms with Crippen LogP contribution in [-0.4, -0.2) is 78.1 Å². The molecule has 0 spiro atoms. The first-order chi connectivity index (χ1) is 17.4. The van der Waals surface area contributed by atoms with E-state index in [1.165, 1.54) is 24.3 Å². The van der Waals surface area contributed by atoms with Crippen molar-refractivity contribution >= 4 is 21.7 Å². The van der Waals surface area contributed by atoms with Gasteiger partial charge >= 0.3 is 0 Å². The van der Waals surface area contributed by atoms with Gasteiger partial charge in [-0.1, -0.05) is 24.0 Å². The van der Waals surface area contributed by atoms with Gasteiger partial charge in [-0.15, -0.1) is 0 Å². The van der Waals surface area contributed by atoms with E-state index >= 15 is 0 Å². The molecule has 0 bridgehead atoms. The molecule has 1 aliphatic heterocycles. The molecule has 1 fully saturated rings. The van der Waals surface area contributed by atoms with Crippen LogP contribution in [0.15, 0.2) is 48.5 Å². The Labute approximate surface area is 213 Å². The summed E-state index contributed by atoms with van der Waals surface area (Å²) in [6.45, 7) is 2.35. The molecule has 1 aliphatic rings. The second-order valence-electron chi connectivity index (χ2n) is 8.86. The Morgan fingerprint density at radius 2 is 1.54 bits per heavy atom. The minimum absolute atomic E-state index is 0.0289. The molecule has 2 amide bonds. The van der Waals surface area contributed by atoms with Gasteiger partial charge in [0.2, 0.25) is 0 Å². The van der Waals surface area contributed by atoms with Crippen molar-refractivity contribution in [3.8, 4) is 11.8 Å². The van der Waals surface area contributed by atoms with Crippen molar-refractivity contribution in [3.63, 3.8) is 0 Å². The maximum absolute atomic E-state index is 13.1. The van der Waals surface area contributed by atoms with Gasteiger partial charge in [-0.2, -0.15) is 0 Å². The van der Waals surface area contributed by atoms with Crippen LogP contribution in [0, 0.1) is 11.8 Å². The first-order valence-corrected chi connectivity index (χ1v) is 13.1. The Balaban J connectivity index is 1.61. The highest BCUT2D eigenvalue weighted by Crippen LogP contribution is 2.20. The molecule has 1 saturated heterocycles. The van der Waals surface area contributed by atoms with E-state index in [0.717, 1.165) is 16.6 Å². The molecular weight excluding hydrogens is 508 g/mol. The molecule has 12 heteroatoms. The lowest BCUT2D eigenvalue weighted by molar-refractivity contribution is -0.149. The second kappa shape index (κ2) is 11.8. The monoisotopic (exact) mass is 535 g/mol. The summed E-state index contributed by atoms with van der Waals surface area (Å²) in [4.78, 5) is 26.3. The number of carbonyl (C=O) groups excluding carboxylic acids is 2. The van der Waals surface area contributed by atoms with Gasteiger partial charge in [0.1, 0.15) is 6.04 Å². The molecule has 9 nitrogen and oxygen atoms in total. The fourth-order valence-electron chi connectivity index (χ4n) is 3.59. The second-order valence-corrected chi connectivity index (χ2v) is 11.2. The van der Waals surface area contributed by atoms with Crippen LogP contribution < -0.4 is 10.8 Å². The Morgan fingerprint density at radius 1 is 1.03 bits per heavy atom. The minimum Gasteiger partial charge on any atom is -0.381 e. The Morgan fingerprint density at radius 3 is 2.03 bits per heavy atom. The number of hydroxylamine groups is 1. The average Bonchev–Trinajstić information content (AvgIpc) is 2.87. The highest BCUT2D eigenvalue weighted by Gasteiger charge is 2.46. The number of carbonyl (C=O) groups is 2. The van der Waals surface area contributed by atoms with Crippen LogP contribution >= 0.6 is 0 Å². The molecule has 4 N–H and O–H groups in total. The Hall–Kier alpha value is -3.37. The number of aliphatic hydroxyl groups is 1. The predicted octanol–water partition coefficient (Wildman–Crippen LogP) is 0.937. The minimum atomic E-state index is -3.37. The lowest BCUT2D eigenvalue weighted by Gasteiger charge is -2.30. The van der Waals surface area contributed by atoms with Crippen molar-refractivity contribution in [2.45, 2.75) is 31.5 Å². The van der Waals surface area contributed by atoms with Crippen LogP contribution in [0.25, 0.3) is 0 Å². The fraction of sp³-hybridized carbons (Fsp3) is 0.360. The zero-order chi connectivity index (χ0) is 27.2. The van der Waals surface area contributed by atoms with Gasteiger partial charge in [0.15, 0.2) is 15.4 Å². The summed E-state index contributed by atoms with van der Waals surface area (Å²) in [5, 5.41) is 20.7. The molecule has 2 aromatic carbocycles. The largest absolute Gasteiger partial charge is 0.381 e. The van der Waals surface area contributed by atoms with Crippen LogP contribution in [0.4, 0.5) is 8.78 Å². The highest BCUT2D eigenvalue weighted by atomic mass is 32.2. The number of nitrogens with one attached hydrogen (secondary N) is 2. The molecule has 2 unspecified atom stereocenters. The third kappa shape index (κ3) is 7.56. The molecule has 1 heterocycles. The summed E-state index contributed by atoms with van der Waals surface area (Å²) in [5.74, 6) is 3.99. The number of benzene rings is 2. The van der Waals surface area contributed by atoms with E-state index in [1.54, 1.807) is 0 Å². The molecule has 0 radical (unpaired) electrons. The highest BCUT2D eigenvalue weighted by molar-refractivity contribution is 7.91. The fourth-order valence-corrected chi connectivity index (χ4v) is 4.87. The SMILES string of the molecule is CC(O)(C(F)F)C(NC(=O)c1ccc(C#Cc2ccc(CN3CCS(=O)(=O)CC3)cc2)cc1)C(=O)NO. The van der Waals surface area contributed by atoms with Crippen molar-refractivity contribution < 1.29 is 37.1 Å². The van der Waals surface area contributed by atoms with Gasteiger partial charge in [0, 0.05) is 36.3 Å². The third-order valence-electron chi connectivity index (χ3n) is 5.97. The van der Waals surface area contributed by atoms with Gasteiger partial charge in [0.05, 0.1) is 11.5 Å². The topological polar surface area (TPSA) is 136 Å². The van der Waals surface area contributed by atoms with Crippen molar-refractivity contribution in [1.29, 1.82) is 0 Å². The van der Waals surface area contributed by atoms with Gasteiger partial charge in [-0.05, 0) is 48.9 Å². The number of halogens is 2. The Kier molecular flexibility index (Phi) is 8.98. The predicted molar refractivity (Wildman–Crippen MR) is 131 cm³/mol. The third-order valence-corrected chi connectivity index (χ3v) is 7.58. The summed E-state index contributed by atoms with van der Waals surface area (Å²) >= 11 is 0. The van der Waals surface area contributed by atoms with Crippen LogP contribution in [0.2, 0.25) is 0 Å². The van der Waals surface area contributed by atoms with E-state index in [4.69, 9.17) is 5.21 Å². The van der Waals surface area contributed by atoms with Crippen LogP contribution in [0.5, 0.6) is 0 Å². The van der Waals surface area contributed by atoms with Gasteiger partial charge in [-0.3, -0.25) is 19.7 Å². The standard InChI is InChI=1S/C25H27F2N3O6S/c1-25(33,24(26)27)21(23(32)29-34)28-22(31)20-10-8-18(9-11-20)3-2-17-4-6-19(7-5-17)16-30-12-14-37(35,36)15-13-30/h4-11,21,24,33-34H,12-16H2,1H3,(H,28,31)(H,29,32). The summed E-state index contributed by atoms with van der Waals surface area (Å²) in [5.41, 5.74) is 0.630. The lowest BCUT2D eigenvalue weighted by atomic mass is 9.95. The summed E-state index contributed by atoms with van der Waals surface area (Å²) in [6.07, 6.45) is -3.37. The number of rotatable bonds is 7. The maximum atomic E-state index is 13.1. The first kappa shape index (κ1) is 28.2. The molecule has 37 heavy (non-hydrogen) atoms. The zero-order valence-corrected chi connectivity index (χ0v) is 20.8. The number of nitrogens with zero attached hydrogens (tertiary/aromatic N) is 1. The number of hydrogen-bond acceptors (Lipinski definition) is 7. The molecule has 0 saturated carbocycles. The van der Waals surface area contributed by atoms with Crippen molar-refractivity contribution in [2.75, 3.05) is 24.6 Å². The number of hydrogen-bond donors (Lipinski definition) is 4. The maximum Gasteiger partial charge on any atom is 0.269 e. The average molecular weight is 536 g/mol. The summed E-state index contributed by atoms with van der Waals surface area (Å²) < 4.78 is 49.4. The van der Waals surface area contributed by atoms with Gasteiger partial charge in [0.25, 0.3) is 18.2 Å². The van der Waals surface area contributed by atoms with Crippen molar-refractivity contribution in [2.24, 2.45) is 0 Å². The number of amides is 2. The van der Waals surface area contributed by atoms with Crippen LogP contribution in [0.1, 0.15) is 34.0 Å². The van der Waals surface area contributed by atoms with E-state index in [9.17, 15) is 31.9 Å². The summed E-state index contributed by atoms with van der Waals surface area (Å²) in [7, 11) is -2.92. The van der Waals surface area contributed by atoms with Crippen LogP contribution in [-0.2, 0) is 21.2 Å². The normalized spacial score (nSPS) is 17.7. The lowest BCUT2D eigenvalue weighted by Crippen LogP contribution is -2.61. The summed E-state index contributed by atoms with van der Waals surface area (Å²) in [6, 6.07) is 11.3. The van der Waals surface area contributed by atoms with E-state index in [0.29, 0.717) is 32.1 Å². The van der Waals surface area contributed by atoms with Gasteiger partial charge < -0.3 is 10.4 Å². The quantitative estimate of drug-likeness (QED) is 0.235. The molecule has 0 aromatic heterocycles. The molecule has 3 rings (SSSR count).